The van der Waals surface area contributed by atoms with Crippen molar-refractivity contribution in [3.63, 3.8) is 0 Å². The number of imide groups is 1. The van der Waals surface area contributed by atoms with Gasteiger partial charge in [0.2, 0.25) is 11.8 Å². The average molecular weight is 505 g/mol. The number of hydrogen-bond acceptors (Lipinski definition) is 6. The van der Waals surface area contributed by atoms with E-state index in [-0.39, 0.29) is 33.8 Å². The number of rotatable bonds is 6. The average Bonchev–Trinajstić information content (AvgIpc) is 3.07. The molecule has 0 spiro atoms. The molecule has 1 saturated heterocycles. The van der Waals surface area contributed by atoms with Gasteiger partial charge in [-0.2, -0.15) is 0 Å². The van der Waals surface area contributed by atoms with Crippen LogP contribution in [0.15, 0.2) is 48.5 Å². The number of amides is 3. The van der Waals surface area contributed by atoms with Crippen molar-refractivity contribution in [1.29, 1.82) is 0 Å². The van der Waals surface area contributed by atoms with Crippen molar-refractivity contribution in [2.45, 2.75) is 23.6 Å². The Morgan fingerprint density at radius 3 is 2.29 bits per heavy atom. The molecule has 2 aliphatic rings. The number of alkyl halides is 2. The summed E-state index contributed by atoms with van der Waals surface area (Å²) in [7, 11) is 1.48. The molecule has 1 aliphatic heterocycles. The molecule has 3 amide bonds. The Morgan fingerprint density at radius 2 is 1.65 bits per heavy atom. The van der Waals surface area contributed by atoms with Crippen LogP contribution >= 0.6 is 23.2 Å². The maximum absolute atomic E-state index is 12.9. The van der Waals surface area contributed by atoms with Crippen molar-refractivity contribution in [1.82, 2.24) is 0 Å². The number of carbonyl (C=O) groups is 4. The summed E-state index contributed by atoms with van der Waals surface area (Å²) < 4.78 is 10.3. The largest absolute Gasteiger partial charge is 0.495 e. The first-order valence-corrected chi connectivity index (χ1v) is 11.5. The van der Waals surface area contributed by atoms with Crippen molar-refractivity contribution >= 4 is 58.3 Å². The Morgan fingerprint density at radius 1 is 1.00 bits per heavy atom. The van der Waals surface area contributed by atoms with Gasteiger partial charge in [-0.15, -0.1) is 23.2 Å². The number of ether oxygens (including phenoxy) is 2. The second-order valence-electron chi connectivity index (χ2n) is 8.10. The van der Waals surface area contributed by atoms with Gasteiger partial charge in [-0.25, -0.2) is 4.79 Å². The lowest BCUT2D eigenvalue weighted by atomic mass is 9.80. The van der Waals surface area contributed by atoms with E-state index in [1.165, 1.54) is 25.3 Å². The summed E-state index contributed by atoms with van der Waals surface area (Å²) in [5.74, 6) is -2.61. The molecular formula is C24H22Cl2N2O6. The van der Waals surface area contributed by atoms with Gasteiger partial charge in [-0.05, 0) is 43.2 Å². The third kappa shape index (κ3) is 4.74. The zero-order chi connectivity index (χ0) is 24.4. The van der Waals surface area contributed by atoms with Crippen LogP contribution in [0.25, 0.3) is 0 Å². The second kappa shape index (κ2) is 10.0. The Kier molecular flexibility index (Phi) is 7.09. The first-order chi connectivity index (χ1) is 16.3. The normalized spacial score (nSPS) is 23.9. The molecule has 0 radical (unpaired) electrons. The smallest absolute Gasteiger partial charge is 0.338 e. The molecule has 8 nitrogen and oxygen atoms in total. The van der Waals surface area contributed by atoms with Crippen LogP contribution in [-0.4, -0.2) is 48.2 Å². The quantitative estimate of drug-likeness (QED) is 0.366. The summed E-state index contributed by atoms with van der Waals surface area (Å²) >= 11 is 12.4. The third-order valence-electron chi connectivity index (χ3n) is 5.97. The predicted octanol–water partition coefficient (Wildman–Crippen LogP) is 3.60. The fourth-order valence-corrected chi connectivity index (χ4v) is 4.86. The number of esters is 1. The molecule has 1 aliphatic carbocycles. The zero-order valence-corrected chi connectivity index (χ0v) is 19.7. The van der Waals surface area contributed by atoms with Gasteiger partial charge < -0.3 is 14.8 Å². The minimum Gasteiger partial charge on any atom is -0.495 e. The van der Waals surface area contributed by atoms with Gasteiger partial charge in [-0.3, -0.25) is 19.3 Å². The molecule has 1 saturated carbocycles. The lowest BCUT2D eigenvalue weighted by Gasteiger charge is -2.28. The Bertz CT molecular complexity index is 1110. The van der Waals surface area contributed by atoms with Crippen LogP contribution < -0.4 is 15.0 Å². The Labute approximate surface area is 206 Å². The number of benzene rings is 2. The number of fused-ring (bicyclic) bond motifs is 1. The fraction of sp³-hybridized carbons (Fsp3) is 0.333. The highest BCUT2D eigenvalue weighted by Crippen LogP contribution is 2.43. The van der Waals surface area contributed by atoms with Gasteiger partial charge in [0, 0.05) is 0 Å². The maximum Gasteiger partial charge on any atom is 0.338 e. The van der Waals surface area contributed by atoms with E-state index in [9.17, 15) is 19.2 Å². The number of hydrogen-bond donors (Lipinski definition) is 1. The number of methoxy groups -OCH3 is 1. The molecule has 0 bridgehead atoms. The number of anilines is 2. The first-order valence-electron chi connectivity index (χ1n) is 10.7. The van der Waals surface area contributed by atoms with E-state index in [4.69, 9.17) is 32.7 Å². The van der Waals surface area contributed by atoms with Gasteiger partial charge >= 0.3 is 5.97 Å². The molecule has 2 fully saturated rings. The number of halogens is 2. The summed E-state index contributed by atoms with van der Waals surface area (Å²) in [4.78, 5) is 51.7. The van der Waals surface area contributed by atoms with E-state index in [0.29, 0.717) is 24.3 Å². The molecular weight excluding hydrogens is 483 g/mol. The van der Waals surface area contributed by atoms with E-state index < -0.39 is 30.3 Å². The Balaban J connectivity index is 1.42. The summed E-state index contributed by atoms with van der Waals surface area (Å²) in [5.41, 5.74) is 0.803. The van der Waals surface area contributed by atoms with Crippen LogP contribution in [0, 0.1) is 11.8 Å². The van der Waals surface area contributed by atoms with E-state index >= 15 is 0 Å². The molecule has 4 atom stereocenters. The molecule has 1 N–H and O–H groups in total. The molecule has 10 heteroatoms. The lowest BCUT2D eigenvalue weighted by molar-refractivity contribution is -0.122. The first kappa shape index (κ1) is 24.0. The predicted molar refractivity (Wildman–Crippen MR) is 126 cm³/mol. The van der Waals surface area contributed by atoms with Crippen LogP contribution in [0.1, 0.15) is 23.2 Å². The zero-order valence-electron chi connectivity index (χ0n) is 18.2. The lowest BCUT2D eigenvalue weighted by Crippen LogP contribution is -2.34. The van der Waals surface area contributed by atoms with Crippen LogP contribution in [0.5, 0.6) is 5.75 Å². The summed E-state index contributed by atoms with van der Waals surface area (Å²) in [5, 5.41) is 1.84. The van der Waals surface area contributed by atoms with Crippen molar-refractivity contribution < 1.29 is 28.7 Å². The summed E-state index contributed by atoms with van der Waals surface area (Å²) in [6.45, 7) is -0.527. The monoisotopic (exact) mass is 504 g/mol. The van der Waals surface area contributed by atoms with Gasteiger partial charge in [0.05, 0.1) is 46.6 Å². The SMILES string of the molecule is COc1ccccc1NC(=O)COC(=O)c1cccc(N2C(=O)[C@H]3C[C@H](Cl)[C@@H](Cl)C[C@H]3C2=O)c1. The van der Waals surface area contributed by atoms with E-state index in [2.05, 4.69) is 5.32 Å². The molecule has 0 aromatic heterocycles. The number of carbonyl (C=O) groups excluding carboxylic acids is 4. The minimum absolute atomic E-state index is 0.100. The van der Waals surface area contributed by atoms with Crippen molar-refractivity contribution in [2.24, 2.45) is 11.8 Å². The highest BCUT2D eigenvalue weighted by Gasteiger charge is 2.52. The molecule has 2 aromatic carbocycles. The molecule has 0 unspecified atom stereocenters. The minimum atomic E-state index is -0.768. The summed E-state index contributed by atoms with van der Waals surface area (Å²) in [6, 6.07) is 12.8. The molecule has 34 heavy (non-hydrogen) atoms. The molecule has 4 rings (SSSR count). The second-order valence-corrected chi connectivity index (χ2v) is 9.22. The van der Waals surface area contributed by atoms with Crippen molar-refractivity contribution in [3.05, 3.63) is 54.1 Å². The molecule has 178 valence electrons. The van der Waals surface area contributed by atoms with Crippen LogP contribution in [0.3, 0.4) is 0 Å². The van der Waals surface area contributed by atoms with Crippen LogP contribution in [0.2, 0.25) is 0 Å². The molecule has 1 heterocycles. The van der Waals surface area contributed by atoms with Gasteiger partial charge in [-0.1, -0.05) is 18.2 Å². The highest BCUT2D eigenvalue weighted by atomic mass is 35.5. The number of nitrogens with one attached hydrogen (secondary N) is 1. The summed E-state index contributed by atoms with van der Waals surface area (Å²) in [6.07, 6.45) is 0.648. The van der Waals surface area contributed by atoms with Gasteiger partial charge in [0.15, 0.2) is 6.61 Å². The van der Waals surface area contributed by atoms with Crippen molar-refractivity contribution in [3.8, 4) is 5.75 Å². The van der Waals surface area contributed by atoms with E-state index in [1.54, 1.807) is 30.3 Å². The number of para-hydroxylation sites is 2. The Hall–Kier alpha value is -3.10. The van der Waals surface area contributed by atoms with Gasteiger partial charge in [0.1, 0.15) is 5.75 Å². The maximum atomic E-state index is 12.9. The standard InChI is InChI=1S/C24H22Cl2N2O6/c1-33-20-8-3-2-7-19(20)27-21(29)12-34-24(32)13-5-4-6-14(9-13)28-22(30)15-10-17(25)18(26)11-16(15)23(28)31/h2-9,15-18H,10-12H2,1H3,(H,27,29)/t15-,16+,17-,18-/m0/s1. The van der Waals surface area contributed by atoms with E-state index in [1.807, 2.05) is 0 Å². The van der Waals surface area contributed by atoms with Crippen LogP contribution in [0.4, 0.5) is 11.4 Å². The highest BCUT2D eigenvalue weighted by molar-refractivity contribution is 6.31. The van der Waals surface area contributed by atoms with Crippen LogP contribution in [-0.2, 0) is 19.1 Å². The van der Waals surface area contributed by atoms with E-state index in [0.717, 1.165) is 4.90 Å². The van der Waals surface area contributed by atoms with Gasteiger partial charge in [0.25, 0.3) is 5.91 Å². The topological polar surface area (TPSA) is 102 Å². The van der Waals surface area contributed by atoms with Crippen molar-refractivity contribution in [2.75, 3.05) is 23.9 Å². The fourth-order valence-electron chi connectivity index (χ4n) is 4.27. The number of nitrogens with zero attached hydrogens (tertiary/aromatic N) is 1. The molecule has 2 aromatic rings. The third-order valence-corrected chi connectivity index (χ3v) is 7.06.